The molecule has 36 heavy (non-hydrogen) atoms. The van der Waals surface area contributed by atoms with Gasteiger partial charge in [0, 0.05) is 25.8 Å². The van der Waals surface area contributed by atoms with Gasteiger partial charge in [-0.3, -0.25) is 14.4 Å². The van der Waals surface area contributed by atoms with Gasteiger partial charge in [-0.15, -0.1) is 0 Å². The van der Waals surface area contributed by atoms with E-state index < -0.39 is 12.1 Å². The lowest BCUT2D eigenvalue weighted by Crippen LogP contribution is -2.42. The van der Waals surface area contributed by atoms with Crippen LogP contribution in [0.1, 0.15) is 78.6 Å². The second kappa shape index (κ2) is 27.0. The summed E-state index contributed by atoms with van der Waals surface area (Å²) in [5, 5.41) is 11.3. The zero-order valence-electron chi connectivity index (χ0n) is 22.8. The van der Waals surface area contributed by atoms with Gasteiger partial charge in [-0.1, -0.05) is 32.4 Å². The molecule has 0 rings (SSSR count). The number of hydrogen-bond donors (Lipinski definition) is 8. The van der Waals surface area contributed by atoms with Gasteiger partial charge >= 0.3 is 0 Å². The second-order valence-corrected chi connectivity index (χ2v) is 8.16. The zero-order valence-corrected chi connectivity index (χ0v) is 22.8. The summed E-state index contributed by atoms with van der Waals surface area (Å²) >= 11 is 0. The number of nitroso groups, excluding NO2 is 1. The minimum atomic E-state index is -0.576. The van der Waals surface area contributed by atoms with Gasteiger partial charge in [0.1, 0.15) is 6.04 Å². The molecule has 0 aliphatic heterocycles. The lowest BCUT2D eigenvalue weighted by Gasteiger charge is -2.18. The number of likely N-dealkylation sites (N-methyl/N-ethyl adjacent to an activating group) is 1. The minimum absolute atomic E-state index is 0.0798. The van der Waals surface area contributed by atoms with Crippen LogP contribution in [0.2, 0.25) is 0 Å². The van der Waals surface area contributed by atoms with E-state index in [-0.39, 0.29) is 23.8 Å². The minimum Gasteiger partial charge on any atom is -0.378 e. The van der Waals surface area contributed by atoms with Gasteiger partial charge in [-0.05, 0) is 64.8 Å². The molecule has 0 fully saturated rings. The molecule has 0 spiro atoms. The summed E-state index contributed by atoms with van der Waals surface area (Å²) < 4.78 is 0. The highest BCUT2D eigenvalue weighted by atomic mass is 16.2. The number of nitrogens with two attached hydrogens (primary N) is 3. The quantitative estimate of drug-likeness (QED) is 0.0909. The third kappa shape index (κ3) is 21.9. The first kappa shape index (κ1) is 38.0. The Morgan fingerprint density at radius 3 is 1.58 bits per heavy atom. The number of hydrogen-bond acceptors (Lipinski definition) is 9. The van der Waals surface area contributed by atoms with Crippen LogP contribution in [0.5, 0.6) is 0 Å². The standard InChI is InChI=1S/C22H45N7O3.C2H6.HNO/c1-16(2)29-19(22(32)26-3)12-6-9-15-28-21(31)18(25)11-5-8-14-27-20(30)17(24)10-4-7-13-23;2*1-2/h17-19,29H,1,4-15,23-25H2,2-3H3,(H,26,32)(H,27,30)(H,28,31);1-2H3;1H. The van der Waals surface area contributed by atoms with E-state index in [0.29, 0.717) is 38.9 Å². The Hall–Kier alpha value is -2.57. The average Bonchev–Trinajstić information content (AvgIpc) is 2.88. The molecule has 0 saturated heterocycles. The Morgan fingerprint density at radius 1 is 0.778 bits per heavy atom. The van der Waals surface area contributed by atoms with Gasteiger partial charge in [0.15, 0.2) is 0 Å². The first-order valence-corrected chi connectivity index (χ1v) is 12.8. The summed E-state index contributed by atoms with van der Waals surface area (Å²) in [6.07, 6.45) is 6.53. The van der Waals surface area contributed by atoms with E-state index in [9.17, 15) is 14.4 Å². The van der Waals surface area contributed by atoms with Crippen LogP contribution in [-0.4, -0.2) is 62.5 Å². The van der Waals surface area contributed by atoms with E-state index in [1.165, 1.54) is 0 Å². The highest BCUT2D eigenvalue weighted by molar-refractivity contribution is 5.82. The molecule has 0 heterocycles. The molecule has 212 valence electrons. The highest BCUT2D eigenvalue weighted by Gasteiger charge is 2.17. The third-order valence-corrected chi connectivity index (χ3v) is 5.09. The molecule has 3 amide bonds. The van der Waals surface area contributed by atoms with Gasteiger partial charge in [-0.25, -0.2) is 0 Å². The fourth-order valence-electron chi connectivity index (χ4n) is 3.16. The second-order valence-electron chi connectivity index (χ2n) is 8.16. The molecular weight excluding hydrogens is 464 g/mol. The Kier molecular flexibility index (Phi) is 28.5. The lowest BCUT2D eigenvalue weighted by molar-refractivity contribution is -0.123. The monoisotopic (exact) mass is 516 g/mol. The predicted molar refractivity (Wildman–Crippen MR) is 146 cm³/mol. The molecule has 12 heteroatoms. The topological polar surface area (TPSA) is 218 Å². The maximum atomic E-state index is 12.1. The zero-order chi connectivity index (χ0) is 28.4. The molecule has 3 unspecified atom stereocenters. The van der Waals surface area contributed by atoms with E-state index >= 15 is 0 Å². The fourth-order valence-corrected chi connectivity index (χ4v) is 3.16. The molecule has 11 N–H and O–H groups in total. The first-order valence-electron chi connectivity index (χ1n) is 12.8. The molecular formula is C24H52N8O4. The van der Waals surface area contributed by atoms with Crippen LogP contribution >= 0.6 is 0 Å². The van der Waals surface area contributed by atoms with Crippen molar-refractivity contribution in [1.29, 1.82) is 5.59 Å². The molecule has 0 radical (unpaired) electrons. The van der Waals surface area contributed by atoms with Gasteiger partial charge < -0.3 is 38.5 Å². The molecule has 0 aromatic carbocycles. The van der Waals surface area contributed by atoms with Gasteiger partial charge in [0.25, 0.3) is 0 Å². The van der Waals surface area contributed by atoms with Crippen molar-refractivity contribution in [2.45, 2.75) is 96.7 Å². The van der Waals surface area contributed by atoms with Gasteiger partial charge in [-0.2, -0.15) is 4.91 Å². The van der Waals surface area contributed by atoms with E-state index in [1.54, 1.807) is 7.05 Å². The van der Waals surface area contributed by atoms with Crippen LogP contribution in [0.15, 0.2) is 12.3 Å². The molecule has 0 aromatic rings. The van der Waals surface area contributed by atoms with Gasteiger partial charge in [0.05, 0.1) is 12.1 Å². The number of rotatable bonds is 19. The highest BCUT2D eigenvalue weighted by Crippen LogP contribution is 2.04. The number of nitrogens with one attached hydrogen (secondary N) is 5. The molecule has 0 aromatic heterocycles. The maximum Gasteiger partial charge on any atom is 0.242 e. The largest absolute Gasteiger partial charge is 0.378 e. The van der Waals surface area contributed by atoms with Crippen molar-refractivity contribution >= 4 is 17.7 Å². The number of amides is 3. The molecule has 0 aliphatic rings. The van der Waals surface area contributed by atoms with E-state index in [2.05, 4.69) is 33.4 Å². The normalized spacial score (nSPS) is 12.3. The smallest absolute Gasteiger partial charge is 0.242 e. The van der Waals surface area contributed by atoms with Crippen LogP contribution in [0.3, 0.4) is 0 Å². The van der Waals surface area contributed by atoms with E-state index in [1.807, 2.05) is 20.8 Å². The van der Waals surface area contributed by atoms with Crippen molar-refractivity contribution in [3.63, 3.8) is 0 Å². The summed E-state index contributed by atoms with van der Waals surface area (Å²) in [4.78, 5) is 43.3. The van der Waals surface area contributed by atoms with Crippen LogP contribution in [0, 0.1) is 10.5 Å². The Balaban J connectivity index is -0.00000258. The van der Waals surface area contributed by atoms with Crippen LogP contribution < -0.4 is 38.5 Å². The average molecular weight is 517 g/mol. The van der Waals surface area contributed by atoms with Crippen LogP contribution in [-0.2, 0) is 14.4 Å². The maximum absolute atomic E-state index is 12.1. The summed E-state index contributed by atoms with van der Waals surface area (Å²) in [5.74, 6) is -0.413. The van der Waals surface area contributed by atoms with Crippen molar-refractivity contribution in [3.8, 4) is 0 Å². The summed E-state index contributed by atoms with van der Waals surface area (Å²) in [6, 6.07) is -1.40. The number of unbranched alkanes of at least 4 members (excludes halogenated alkanes) is 3. The Labute approximate surface area is 217 Å². The first-order chi connectivity index (χ1) is 17.2. The van der Waals surface area contributed by atoms with Crippen molar-refractivity contribution in [2.24, 2.45) is 17.2 Å². The van der Waals surface area contributed by atoms with Crippen LogP contribution in [0.25, 0.3) is 0 Å². The number of allylic oxidation sites excluding steroid dienone is 1. The third-order valence-electron chi connectivity index (χ3n) is 5.09. The van der Waals surface area contributed by atoms with Crippen molar-refractivity contribution in [2.75, 3.05) is 26.7 Å². The summed E-state index contributed by atoms with van der Waals surface area (Å²) in [7, 11) is 1.60. The van der Waals surface area contributed by atoms with Crippen molar-refractivity contribution in [1.82, 2.24) is 21.3 Å². The summed E-state index contributed by atoms with van der Waals surface area (Å²) in [5.41, 5.74) is 22.5. The number of carbonyl (C=O) groups is 3. The molecule has 3 atom stereocenters. The van der Waals surface area contributed by atoms with Gasteiger partial charge in [0.2, 0.25) is 17.7 Å². The molecule has 0 aliphatic carbocycles. The SMILES string of the molecule is C=C(C)NC(CCCCNC(=O)C(N)CCCCNC(=O)C(N)CCCCN)C(=O)NC.CC.N=O. The molecule has 0 bridgehead atoms. The Morgan fingerprint density at radius 2 is 1.19 bits per heavy atom. The summed E-state index contributed by atoms with van der Waals surface area (Å²) in [6.45, 7) is 11.2. The molecule has 12 nitrogen and oxygen atoms in total. The number of carbonyl (C=O) groups excluding carboxylic acids is 3. The van der Waals surface area contributed by atoms with Crippen molar-refractivity contribution < 1.29 is 14.4 Å². The lowest BCUT2D eigenvalue weighted by atomic mass is 10.1. The Bertz CT molecular complexity index is 592. The van der Waals surface area contributed by atoms with E-state index in [0.717, 1.165) is 44.2 Å². The molecule has 0 saturated carbocycles. The van der Waals surface area contributed by atoms with E-state index in [4.69, 9.17) is 22.1 Å². The fraction of sp³-hybridized carbons (Fsp3) is 0.792. The van der Waals surface area contributed by atoms with Crippen LogP contribution in [0.4, 0.5) is 0 Å². The predicted octanol–water partition coefficient (Wildman–Crippen LogP) is 0.939. The van der Waals surface area contributed by atoms with Crippen molar-refractivity contribution in [3.05, 3.63) is 17.2 Å².